The van der Waals surface area contributed by atoms with Crippen LogP contribution in [0.25, 0.3) is 0 Å². The molecule has 1 aromatic heterocycles. The number of nitriles is 1. The van der Waals surface area contributed by atoms with Crippen LogP contribution in [0, 0.1) is 11.3 Å². The van der Waals surface area contributed by atoms with Gasteiger partial charge in [0.15, 0.2) is 0 Å². The van der Waals surface area contributed by atoms with Crippen molar-refractivity contribution in [3.63, 3.8) is 0 Å². The molecular weight excluding hydrogens is 427 g/mol. The number of piperazine rings is 1. The quantitative estimate of drug-likeness (QED) is 0.499. The number of hydrogen-bond acceptors (Lipinski definition) is 4. The standard InChI is InChI=1S/C22H17Cl3N4/c23-17-4-2-16(3-5-17)21-14-28(22-8-1-15(12-26)13-27-22)9-10-29(21)20-7-6-18(24)11-19(20)25/h1-8,11,13,21H,9-10,14H2/t21-/m0/s1. The van der Waals surface area contributed by atoms with Crippen LogP contribution >= 0.6 is 34.8 Å². The van der Waals surface area contributed by atoms with E-state index in [4.69, 9.17) is 40.1 Å². The molecule has 0 radical (unpaired) electrons. The van der Waals surface area contributed by atoms with Gasteiger partial charge in [0, 0.05) is 35.9 Å². The molecule has 0 amide bonds. The van der Waals surface area contributed by atoms with E-state index in [1.54, 1.807) is 18.3 Å². The van der Waals surface area contributed by atoms with E-state index in [1.165, 1.54) is 0 Å². The Morgan fingerprint density at radius 1 is 0.931 bits per heavy atom. The third kappa shape index (κ3) is 4.28. The van der Waals surface area contributed by atoms with Crippen molar-refractivity contribution >= 4 is 46.3 Å². The molecule has 0 spiro atoms. The largest absolute Gasteiger partial charge is 0.360 e. The monoisotopic (exact) mass is 442 g/mol. The molecular formula is C22H17Cl3N4. The minimum absolute atomic E-state index is 0.0529. The lowest BCUT2D eigenvalue weighted by Gasteiger charge is -2.44. The van der Waals surface area contributed by atoms with Crippen LogP contribution in [0.5, 0.6) is 0 Å². The van der Waals surface area contributed by atoms with Gasteiger partial charge in [0.05, 0.1) is 22.3 Å². The van der Waals surface area contributed by atoms with Gasteiger partial charge in [-0.3, -0.25) is 0 Å². The molecule has 1 fully saturated rings. The second-order valence-corrected chi connectivity index (χ2v) is 8.10. The van der Waals surface area contributed by atoms with Crippen LogP contribution < -0.4 is 9.80 Å². The highest BCUT2D eigenvalue weighted by Crippen LogP contribution is 2.37. The first-order valence-corrected chi connectivity index (χ1v) is 10.3. The number of aromatic nitrogens is 1. The fourth-order valence-electron chi connectivity index (χ4n) is 3.60. The summed E-state index contributed by atoms with van der Waals surface area (Å²) in [6.45, 7) is 2.26. The lowest BCUT2D eigenvalue weighted by Crippen LogP contribution is -2.49. The molecule has 0 aliphatic carbocycles. The van der Waals surface area contributed by atoms with Gasteiger partial charge in [-0.05, 0) is 48.0 Å². The molecule has 1 atom stereocenters. The number of hydrogen-bond donors (Lipinski definition) is 0. The van der Waals surface area contributed by atoms with Crippen molar-refractivity contribution in [3.05, 3.63) is 87.0 Å². The van der Waals surface area contributed by atoms with E-state index >= 15 is 0 Å². The van der Waals surface area contributed by atoms with Gasteiger partial charge < -0.3 is 9.80 Å². The zero-order valence-corrected chi connectivity index (χ0v) is 17.7. The molecule has 0 bridgehead atoms. The molecule has 1 aliphatic heterocycles. The fraction of sp³-hybridized carbons (Fsp3) is 0.182. The molecule has 2 heterocycles. The molecule has 146 valence electrons. The zero-order chi connectivity index (χ0) is 20.4. The van der Waals surface area contributed by atoms with Crippen LogP contribution in [0.4, 0.5) is 11.5 Å². The second kappa shape index (κ2) is 8.51. The Morgan fingerprint density at radius 2 is 1.69 bits per heavy atom. The van der Waals surface area contributed by atoms with Gasteiger partial charge in [0.2, 0.25) is 0 Å². The van der Waals surface area contributed by atoms with Gasteiger partial charge >= 0.3 is 0 Å². The molecule has 7 heteroatoms. The van der Waals surface area contributed by atoms with Crippen LogP contribution in [0.15, 0.2) is 60.8 Å². The van der Waals surface area contributed by atoms with Crippen molar-refractivity contribution in [1.82, 2.24) is 4.98 Å². The molecule has 4 rings (SSSR count). The Morgan fingerprint density at radius 3 is 2.34 bits per heavy atom. The molecule has 1 aliphatic rings. The number of rotatable bonds is 3. The summed E-state index contributed by atoms with van der Waals surface area (Å²) in [5.74, 6) is 0.852. The topological polar surface area (TPSA) is 43.2 Å². The Hall–Kier alpha value is -2.45. The average Bonchev–Trinajstić information content (AvgIpc) is 2.74. The molecule has 0 N–H and O–H groups in total. The van der Waals surface area contributed by atoms with Crippen LogP contribution in [-0.2, 0) is 0 Å². The predicted molar refractivity (Wildman–Crippen MR) is 119 cm³/mol. The van der Waals surface area contributed by atoms with Gasteiger partial charge in [-0.1, -0.05) is 46.9 Å². The number of nitrogens with zero attached hydrogens (tertiary/aromatic N) is 4. The van der Waals surface area contributed by atoms with Crippen LogP contribution in [0.3, 0.4) is 0 Å². The van der Waals surface area contributed by atoms with Crippen molar-refractivity contribution in [2.45, 2.75) is 6.04 Å². The van der Waals surface area contributed by atoms with E-state index in [2.05, 4.69) is 20.9 Å². The highest BCUT2D eigenvalue weighted by molar-refractivity contribution is 6.36. The number of halogens is 3. The maximum Gasteiger partial charge on any atom is 0.128 e. The van der Waals surface area contributed by atoms with E-state index < -0.39 is 0 Å². The van der Waals surface area contributed by atoms with Crippen molar-refractivity contribution in [1.29, 1.82) is 5.26 Å². The van der Waals surface area contributed by atoms with E-state index in [1.807, 2.05) is 42.5 Å². The molecule has 29 heavy (non-hydrogen) atoms. The lowest BCUT2D eigenvalue weighted by molar-refractivity contribution is 0.536. The van der Waals surface area contributed by atoms with Crippen LogP contribution in [0.2, 0.25) is 15.1 Å². The van der Waals surface area contributed by atoms with Gasteiger partial charge in [-0.2, -0.15) is 5.26 Å². The first-order valence-electron chi connectivity index (χ1n) is 9.13. The molecule has 0 unspecified atom stereocenters. The van der Waals surface area contributed by atoms with E-state index in [0.29, 0.717) is 20.6 Å². The Labute approximate surface area is 184 Å². The normalized spacial score (nSPS) is 16.6. The summed E-state index contributed by atoms with van der Waals surface area (Å²) in [5.41, 5.74) is 2.64. The number of benzene rings is 2. The number of anilines is 2. The SMILES string of the molecule is N#Cc1ccc(N2CCN(c3ccc(Cl)cc3Cl)[C@H](c3ccc(Cl)cc3)C2)nc1. The highest BCUT2D eigenvalue weighted by atomic mass is 35.5. The first-order chi connectivity index (χ1) is 14.0. The van der Waals surface area contributed by atoms with Gasteiger partial charge in [-0.25, -0.2) is 4.98 Å². The summed E-state index contributed by atoms with van der Waals surface area (Å²) in [6, 6.07) is 19.3. The number of pyridine rings is 1. The van der Waals surface area contributed by atoms with Gasteiger partial charge in [0.1, 0.15) is 11.9 Å². The highest BCUT2D eigenvalue weighted by Gasteiger charge is 2.30. The smallest absolute Gasteiger partial charge is 0.128 e. The minimum Gasteiger partial charge on any atom is -0.360 e. The Bertz CT molecular complexity index is 1050. The first kappa shape index (κ1) is 19.8. The van der Waals surface area contributed by atoms with Crippen molar-refractivity contribution in [2.75, 3.05) is 29.4 Å². The minimum atomic E-state index is 0.0529. The van der Waals surface area contributed by atoms with Crippen LogP contribution in [0.1, 0.15) is 17.2 Å². The molecule has 0 saturated carbocycles. The van der Waals surface area contributed by atoms with Crippen molar-refractivity contribution < 1.29 is 0 Å². The lowest BCUT2D eigenvalue weighted by atomic mass is 10.0. The third-order valence-corrected chi connectivity index (χ3v) is 5.85. The predicted octanol–water partition coefficient (Wildman–Crippen LogP) is 5.98. The third-order valence-electron chi connectivity index (χ3n) is 5.06. The summed E-state index contributed by atoms with van der Waals surface area (Å²) in [7, 11) is 0. The zero-order valence-electron chi connectivity index (χ0n) is 15.4. The fourth-order valence-corrected chi connectivity index (χ4v) is 4.25. The van der Waals surface area contributed by atoms with E-state index in [0.717, 1.165) is 36.7 Å². The maximum atomic E-state index is 9.02. The Kier molecular flexibility index (Phi) is 5.82. The second-order valence-electron chi connectivity index (χ2n) is 6.82. The summed E-state index contributed by atoms with van der Waals surface area (Å²) in [5, 5.41) is 11.0. The molecule has 2 aromatic carbocycles. The van der Waals surface area contributed by atoms with E-state index in [-0.39, 0.29) is 6.04 Å². The average molecular weight is 444 g/mol. The molecule has 3 aromatic rings. The summed E-state index contributed by atoms with van der Waals surface area (Å²) >= 11 is 18.7. The van der Waals surface area contributed by atoms with Crippen molar-refractivity contribution in [2.24, 2.45) is 0 Å². The summed E-state index contributed by atoms with van der Waals surface area (Å²) < 4.78 is 0. The van der Waals surface area contributed by atoms with Gasteiger partial charge in [-0.15, -0.1) is 0 Å². The molecule has 1 saturated heterocycles. The van der Waals surface area contributed by atoms with Crippen molar-refractivity contribution in [3.8, 4) is 6.07 Å². The summed E-state index contributed by atoms with van der Waals surface area (Å²) in [6.07, 6.45) is 1.61. The van der Waals surface area contributed by atoms with E-state index in [9.17, 15) is 0 Å². The Balaban J connectivity index is 1.69. The summed E-state index contributed by atoms with van der Waals surface area (Å²) in [4.78, 5) is 8.98. The van der Waals surface area contributed by atoms with Crippen LogP contribution in [-0.4, -0.2) is 24.6 Å². The molecule has 4 nitrogen and oxygen atoms in total. The van der Waals surface area contributed by atoms with Gasteiger partial charge in [0.25, 0.3) is 0 Å². The maximum absolute atomic E-state index is 9.02.